The average Bonchev–Trinajstić information content (AvgIpc) is 2.84. The summed E-state index contributed by atoms with van der Waals surface area (Å²) in [6.07, 6.45) is 2.62. The van der Waals surface area contributed by atoms with Gasteiger partial charge in [-0.05, 0) is 35.7 Å². The number of fused-ring (bicyclic) bond motifs is 1. The summed E-state index contributed by atoms with van der Waals surface area (Å²) in [5, 5.41) is 16.6. The third-order valence-corrected chi connectivity index (χ3v) is 3.70. The van der Waals surface area contributed by atoms with E-state index in [1.807, 2.05) is 47.5 Å². The maximum atomic E-state index is 9.51. The van der Waals surface area contributed by atoms with Crippen LogP contribution in [0.15, 0.2) is 53.6 Å². The zero-order chi connectivity index (χ0) is 13.9. The van der Waals surface area contributed by atoms with E-state index in [0.29, 0.717) is 5.02 Å². The van der Waals surface area contributed by atoms with Crippen LogP contribution in [0.4, 0.5) is 5.69 Å². The maximum Gasteiger partial charge on any atom is 0.0797 e. The first-order valence-corrected chi connectivity index (χ1v) is 6.93. The lowest BCUT2D eigenvalue weighted by Gasteiger charge is -2.20. The predicted molar refractivity (Wildman–Crippen MR) is 82.5 cm³/mol. The van der Waals surface area contributed by atoms with Gasteiger partial charge >= 0.3 is 0 Å². The Morgan fingerprint density at radius 3 is 2.70 bits per heavy atom. The van der Waals surface area contributed by atoms with Crippen LogP contribution in [0, 0.1) is 0 Å². The summed E-state index contributed by atoms with van der Waals surface area (Å²) in [6, 6.07) is 15.6. The highest BCUT2D eigenvalue weighted by atomic mass is 35.5. The number of nitrogens with zero attached hydrogens (tertiary/aromatic N) is 2. The van der Waals surface area contributed by atoms with Gasteiger partial charge in [-0.2, -0.15) is 5.10 Å². The lowest BCUT2D eigenvalue weighted by Crippen LogP contribution is -2.30. The van der Waals surface area contributed by atoms with Crippen molar-refractivity contribution < 1.29 is 5.11 Å². The van der Waals surface area contributed by atoms with Crippen molar-refractivity contribution in [2.24, 2.45) is 5.10 Å². The number of hydrazone groups is 1. The van der Waals surface area contributed by atoms with Crippen LogP contribution in [0.3, 0.4) is 0 Å². The summed E-state index contributed by atoms with van der Waals surface area (Å²) < 4.78 is 0. The van der Waals surface area contributed by atoms with Gasteiger partial charge in [0.2, 0.25) is 0 Å². The largest absolute Gasteiger partial charge is 0.394 e. The SMILES string of the molecule is OCC1Cc2ccccc2N1/N=C/c1ccc(Cl)cc1. The highest BCUT2D eigenvalue weighted by Gasteiger charge is 2.27. The first-order valence-electron chi connectivity index (χ1n) is 6.55. The van der Waals surface area contributed by atoms with Crippen molar-refractivity contribution in [1.82, 2.24) is 0 Å². The zero-order valence-corrected chi connectivity index (χ0v) is 11.7. The normalized spacial score (nSPS) is 17.7. The molecule has 1 N–H and O–H groups in total. The van der Waals surface area contributed by atoms with Gasteiger partial charge < -0.3 is 5.11 Å². The molecule has 1 aliphatic rings. The minimum atomic E-state index is 0.0101. The van der Waals surface area contributed by atoms with Crippen LogP contribution in [0.1, 0.15) is 11.1 Å². The van der Waals surface area contributed by atoms with Crippen LogP contribution in [0.5, 0.6) is 0 Å². The quantitative estimate of drug-likeness (QED) is 0.880. The summed E-state index contributed by atoms with van der Waals surface area (Å²) in [5.41, 5.74) is 3.27. The van der Waals surface area contributed by atoms with Gasteiger partial charge in [-0.1, -0.05) is 41.9 Å². The van der Waals surface area contributed by atoms with Crippen LogP contribution in [0.2, 0.25) is 5.02 Å². The Kier molecular flexibility index (Phi) is 3.72. The van der Waals surface area contributed by atoms with Gasteiger partial charge in [-0.15, -0.1) is 0 Å². The van der Waals surface area contributed by atoms with Gasteiger partial charge in [-0.3, -0.25) is 5.01 Å². The molecule has 0 aromatic heterocycles. The number of aliphatic hydroxyl groups excluding tert-OH is 1. The van der Waals surface area contributed by atoms with Crippen LogP contribution >= 0.6 is 11.6 Å². The van der Waals surface area contributed by atoms with Crippen molar-refractivity contribution in [3.05, 3.63) is 64.7 Å². The molecule has 1 unspecified atom stereocenters. The zero-order valence-electron chi connectivity index (χ0n) is 10.9. The standard InChI is InChI=1S/C16H15ClN2O/c17-14-7-5-12(6-8-14)10-18-19-15(11-20)9-13-3-1-2-4-16(13)19/h1-8,10,15,20H,9,11H2/b18-10+. The number of aliphatic hydroxyl groups is 1. The van der Waals surface area contributed by atoms with E-state index in [1.165, 1.54) is 5.56 Å². The monoisotopic (exact) mass is 286 g/mol. The number of hydrogen-bond acceptors (Lipinski definition) is 3. The molecule has 0 radical (unpaired) electrons. The number of rotatable bonds is 3. The first kappa shape index (κ1) is 13.2. The summed E-state index contributed by atoms with van der Waals surface area (Å²) in [7, 11) is 0. The van der Waals surface area contributed by atoms with Crippen molar-refractivity contribution >= 4 is 23.5 Å². The molecule has 0 spiro atoms. The van der Waals surface area contributed by atoms with Crippen LogP contribution < -0.4 is 5.01 Å². The van der Waals surface area contributed by atoms with E-state index in [0.717, 1.165) is 17.7 Å². The maximum absolute atomic E-state index is 9.51. The van der Waals surface area contributed by atoms with Gasteiger partial charge in [-0.25, -0.2) is 0 Å². The topological polar surface area (TPSA) is 35.8 Å². The summed E-state index contributed by atoms with van der Waals surface area (Å²) >= 11 is 5.86. The van der Waals surface area contributed by atoms with Gasteiger partial charge in [0.15, 0.2) is 0 Å². The molecule has 1 aliphatic heterocycles. The lowest BCUT2D eigenvalue weighted by atomic mass is 10.1. The van der Waals surface area contributed by atoms with Crippen molar-refractivity contribution in [3.63, 3.8) is 0 Å². The van der Waals surface area contributed by atoms with Crippen molar-refractivity contribution in [2.75, 3.05) is 11.6 Å². The molecule has 3 nitrogen and oxygen atoms in total. The minimum Gasteiger partial charge on any atom is -0.394 e. The van der Waals surface area contributed by atoms with Gasteiger partial charge in [0.05, 0.1) is 24.6 Å². The Hall–Kier alpha value is -1.84. The Morgan fingerprint density at radius 1 is 1.20 bits per heavy atom. The van der Waals surface area contributed by atoms with Crippen LogP contribution in [0.25, 0.3) is 0 Å². The van der Waals surface area contributed by atoms with E-state index in [1.54, 1.807) is 6.21 Å². The van der Waals surface area contributed by atoms with Crippen molar-refractivity contribution in [1.29, 1.82) is 0 Å². The van der Waals surface area contributed by atoms with Crippen molar-refractivity contribution in [2.45, 2.75) is 12.5 Å². The van der Waals surface area contributed by atoms with Crippen LogP contribution in [-0.4, -0.2) is 24.0 Å². The molecular formula is C16H15ClN2O. The molecule has 20 heavy (non-hydrogen) atoms. The fourth-order valence-corrected chi connectivity index (χ4v) is 2.55. The molecule has 0 bridgehead atoms. The van der Waals surface area contributed by atoms with E-state index in [2.05, 4.69) is 11.2 Å². The minimum absolute atomic E-state index is 0.0101. The molecule has 4 heteroatoms. The molecule has 0 amide bonds. The number of hydrogen-bond donors (Lipinski definition) is 1. The average molecular weight is 287 g/mol. The van der Waals surface area contributed by atoms with E-state index >= 15 is 0 Å². The second-order valence-corrected chi connectivity index (χ2v) is 5.25. The second kappa shape index (κ2) is 5.65. The Bertz CT molecular complexity index is 625. The molecule has 3 rings (SSSR count). The number of benzene rings is 2. The number of anilines is 1. The van der Waals surface area contributed by atoms with Gasteiger partial charge in [0, 0.05) is 5.02 Å². The molecule has 1 heterocycles. The molecule has 2 aromatic carbocycles. The summed E-state index contributed by atoms with van der Waals surface area (Å²) in [5.74, 6) is 0. The third-order valence-electron chi connectivity index (χ3n) is 3.45. The summed E-state index contributed by atoms with van der Waals surface area (Å²) in [4.78, 5) is 0. The first-order chi connectivity index (χ1) is 9.78. The lowest BCUT2D eigenvalue weighted by molar-refractivity contribution is 0.264. The Labute approximate surface area is 123 Å². The van der Waals surface area contributed by atoms with Crippen molar-refractivity contribution in [3.8, 4) is 0 Å². The number of para-hydroxylation sites is 1. The van der Waals surface area contributed by atoms with E-state index in [-0.39, 0.29) is 12.6 Å². The fraction of sp³-hybridized carbons (Fsp3) is 0.188. The van der Waals surface area contributed by atoms with E-state index in [9.17, 15) is 5.11 Å². The fourth-order valence-electron chi connectivity index (χ4n) is 2.42. The van der Waals surface area contributed by atoms with Gasteiger partial charge in [0.1, 0.15) is 0 Å². The molecule has 0 saturated heterocycles. The molecule has 0 saturated carbocycles. The molecular weight excluding hydrogens is 272 g/mol. The number of halogens is 1. The highest BCUT2D eigenvalue weighted by Crippen LogP contribution is 2.31. The molecule has 1 atom stereocenters. The summed E-state index contributed by atoms with van der Waals surface area (Å²) in [6.45, 7) is 0.0899. The molecule has 0 fully saturated rings. The van der Waals surface area contributed by atoms with Gasteiger partial charge in [0.25, 0.3) is 0 Å². The predicted octanol–water partition coefficient (Wildman–Crippen LogP) is 3.10. The molecule has 2 aromatic rings. The molecule has 102 valence electrons. The third kappa shape index (κ3) is 2.55. The highest BCUT2D eigenvalue weighted by molar-refractivity contribution is 6.30. The molecule has 0 aliphatic carbocycles. The van der Waals surface area contributed by atoms with E-state index < -0.39 is 0 Å². The second-order valence-electron chi connectivity index (χ2n) is 4.81. The van der Waals surface area contributed by atoms with Crippen LogP contribution in [-0.2, 0) is 6.42 Å². The Balaban J connectivity index is 1.86. The smallest absolute Gasteiger partial charge is 0.0797 e. The Morgan fingerprint density at radius 2 is 1.95 bits per heavy atom. The van der Waals surface area contributed by atoms with E-state index in [4.69, 9.17) is 11.6 Å².